The minimum absolute atomic E-state index is 0.352. The van der Waals surface area contributed by atoms with E-state index in [4.69, 9.17) is 5.73 Å². The van der Waals surface area contributed by atoms with Gasteiger partial charge in [0.2, 0.25) is 0 Å². The largest absolute Gasteiger partial charge is 0.375 e. The van der Waals surface area contributed by atoms with Crippen LogP contribution in [0.2, 0.25) is 0 Å². The standard InChI is InChI=1S/C17H21N3O2S2/c1-24(21,22)14-6-4-13(5-7-14)3-2-10-20-11-8-15-16(9-12-20)23-17(18)19-15/h2-7H,8-12H2,1H3,(H2,18,19). The molecule has 0 bridgehead atoms. The topological polar surface area (TPSA) is 76.3 Å². The summed E-state index contributed by atoms with van der Waals surface area (Å²) in [5.41, 5.74) is 7.93. The summed E-state index contributed by atoms with van der Waals surface area (Å²) < 4.78 is 22.9. The molecule has 1 aromatic carbocycles. The third-order valence-electron chi connectivity index (χ3n) is 4.10. The summed E-state index contributed by atoms with van der Waals surface area (Å²) in [5.74, 6) is 0. The third kappa shape index (κ3) is 4.23. The number of hydrogen-bond donors (Lipinski definition) is 1. The molecule has 0 aliphatic carbocycles. The molecule has 7 heteroatoms. The molecule has 1 aliphatic heterocycles. The van der Waals surface area contributed by atoms with E-state index >= 15 is 0 Å². The fourth-order valence-electron chi connectivity index (χ4n) is 2.78. The van der Waals surface area contributed by atoms with Crippen LogP contribution in [-0.4, -0.2) is 44.2 Å². The lowest BCUT2D eigenvalue weighted by Gasteiger charge is -2.17. The maximum absolute atomic E-state index is 11.5. The second-order valence-electron chi connectivity index (χ2n) is 5.97. The van der Waals surface area contributed by atoms with Gasteiger partial charge in [-0.3, -0.25) is 4.90 Å². The van der Waals surface area contributed by atoms with Gasteiger partial charge in [-0.25, -0.2) is 13.4 Å². The highest BCUT2D eigenvalue weighted by molar-refractivity contribution is 7.90. The van der Waals surface area contributed by atoms with Crippen LogP contribution in [0.15, 0.2) is 35.2 Å². The molecule has 2 heterocycles. The van der Waals surface area contributed by atoms with Gasteiger partial charge >= 0.3 is 0 Å². The Morgan fingerprint density at radius 1 is 1.25 bits per heavy atom. The lowest BCUT2D eigenvalue weighted by atomic mass is 10.2. The molecular weight excluding hydrogens is 342 g/mol. The molecular formula is C17H21N3O2S2. The maximum atomic E-state index is 11.5. The Balaban J connectivity index is 1.56. The Morgan fingerprint density at radius 2 is 1.96 bits per heavy atom. The second kappa shape index (κ2) is 7.04. The number of hydrogen-bond acceptors (Lipinski definition) is 6. The second-order valence-corrected chi connectivity index (χ2v) is 9.10. The molecule has 128 valence electrons. The van der Waals surface area contributed by atoms with Gasteiger partial charge < -0.3 is 5.73 Å². The summed E-state index contributed by atoms with van der Waals surface area (Å²) in [7, 11) is -3.13. The zero-order chi connectivity index (χ0) is 17.2. The molecule has 0 radical (unpaired) electrons. The number of rotatable bonds is 4. The lowest BCUT2D eigenvalue weighted by Crippen LogP contribution is -2.26. The predicted molar refractivity (Wildman–Crippen MR) is 99.0 cm³/mol. The van der Waals surface area contributed by atoms with Gasteiger partial charge in [-0.1, -0.05) is 24.3 Å². The van der Waals surface area contributed by atoms with Crippen molar-refractivity contribution < 1.29 is 8.42 Å². The van der Waals surface area contributed by atoms with Gasteiger partial charge in [-0.2, -0.15) is 0 Å². The molecule has 0 saturated heterocycles. The molecule has 0 amide bonds. The molecule has 3 rings (SSSR count). The van der Waals surface area contributed by atoms with Crippen molar-refractivity contribution in [3.8, 4) is 0 Å². The van der Waals surface area contributed by atoms with Crippen molar-refractivity contribution >= 4 is 32.4 Å². The first-order chi connectivity index (χ1) is 11.4. The Morgan fingerprint density at radius 3 is 2.67 bits per heavy atom. The zero-order valence-electron chi connectivity index (χ0n) is 13.6. The van der Waals surface area contributed by atoms with Crippen LogP contribution < -0.4 is 5.73 Å². The number of sulfone groups is 1. The van der Waals surface area contributed by atoms with Crippen LogP contribution in [-0.2, 0) is 22.7 Å². The van der Waals surface area contributed by atoms with Crippen molar-refractivity contribution in [2.24, 2.45) is 0 Å². The number of nitrogen functional groups attached to an aromatic ring is 1. The van der Waals surface area contributed by atoms with Crippen molar-refractivity contribution in [3.05, 3.63) is 46.5 Å². The van der Waals surface area contributed by atoms with Crippen LogP contribution in [0.5, 0.6) is 0 Å². The zero-order valence-corrected chi connectivity index (χ0v) is 15.2. The third-order valence-corrected chi connectivity index (χ3v) is 6.21. The average molecular weight is 364 g/mol. The highest BCUT2D eigenvalue weighted by Crippen LogP contribution is 2.24. The quantitative estimate of drug-likeness (QED) is 0.901. The van der Waals surface area contributed by atoms with E-state index < -0.39 is 9.84 Å². The van der Waals surface area contributed by atoms with E-state index in [-0.39, 0.29) is 0 Å². The van der Waals surface area contributed by atoms with Crippen LogP contribution in [0.4, 0.5) is 5.13 Å². The number of anilines is 1. The van der Waals surface area contributed by atoms with E-state index in [1.54, 1.807) is 23.5 Å². The number of thiazole rings is 1. The van der Waals surface area contributed by atoms with Crippen molar-refractivity contribution in [3.63, 3.8) is 0 Å². The Kier molecular flexibility index (Phi) is 5.03. The minimum atomic E-state index is -3.13. The summed E-state index contributed by atoms with van der Waals surface area (Å²) in [6, 6.07) is 6.96. The van der Waals surface area contributed by atoms with E-state index in [0.717, 1.165) is 43.7 Å². The number of nitrogens with zero attached hydrogens (tertiary/aromatic N) is 2. The molecule has 0 saturated carbocycles. The van der Waals surface area contributed by atoms with Gasteiger partial charge in [0.05, 0.1) is 10.6 Å². The smallest absolute Gasteiger partial charge is 0.180 e. The van der Waals surface area contributed by atoms with Crippen LogP contribution in [0.25, 0.3) is 6.08 Å². The summed E-state index contributed by atoms with van der Waals surface area (Å²) >= 11 is 1.60. The van der Waals surface area contributed by atoms with Crippen molar-refractivity contribution in [2.75, 3.05) is 31.6 Å². The minimum Gasteiger partial charge on any atom is -0.375 e. The molecule has 1 aliphatic rings. The van der Waals surface area contributed by atoms with Gasteiger partial charge in [-0.05, 0) is 24.1 Å². The van der Waals surface area contributed by atoms with Gasteiger partial charge in [0.25, 0.3) is 0 Å². The average Bonchev–Trinajstić information content (AvgIpc) is 2.79. The fourth-order valence-corrected chi connectivity index (χ4v) is 4.27. The van der Waals surface area contributed by atoms with Gasteiger partial charge in [0.1, 0.15) is 0 Å². The van der Waals surface area contributed by atoms with E-state index in [9.17, 15) is 8.42 Å². The maximum Gasteiger partial charge on any atom is 0.180 e. The van der Waals surface area contributed by atoms with Gasteiger partial charge in [0, 0.05) is 37.2 Å². The van der Waals surface area contributed by atoms with E-state index in [1.807, 2.05) is 18.2 Å². The van der Waals surface area contributed by atoms with Crippen molar-refractivity contribution in [1.29, 1.82) is 0 Å². The number of aromatic nitrogens is 1. The molecule has 0 unspecified atom stereocenters. The molecule has 0 atom stereocenters. The molecule has 5 nitrogen and oxygen atoms in total. The number of benzene rings is 1. The summed E-state index contributed by atoms with van der Waals surface area (Å²) in [5, 5.41) is 0.672. The van der Waals surface area contributed by atoms with E-state index in [2.05, 4.69) is 16.0 Å². The Labute approximate surface area is 146 Å². The SMILES string of the molecule is CS(=O)(=O)c1ccc(C=CCN2CCc3nc(N)sc3CC2)cc1. The highest BCUT2D eigenvalue weighted by atomic mass is 32.2. The first-order valence-electron chi connectivity index (χ1n) is 7.85. The molecule has 2 aromatic rings. The fraction of sp³-hybridized carbons (Fsp3) is 0.353. The first kappa shape index (κ1) is 17.1. The summed E-state index contributed by atoms with van der Waals surface area (Å²) in [6.07, 6.45) is 7.32. The normalized spacial score (nSPS) is 16.2. The summed E-state index contributed by atoms with van der Waals surface area (Å²) in [6.45, 7) is 2.86. The van der Waals surface area contributed by atoms with Crippen LogP contribution in [0.1, 0.15) is 16.1 Å². The van der Waals surface area contributed by atoms with Gasteiger partial charge in [0.15, 0.2) is 15.0 Å². The first-order valence-corrected chi connectivity index (χ1v) is 10.6. The molecule has 1 aromatic heterocycles. The van der Waals surface area contributed by atoms with E-state index in [1.165, 1.54) is 11.1 Å². The molecule has 0 fully saturated rings. The van der Waals surface area contributed by atoms with E-state index in [0.29, 0.717) is 10.0 Å². The Hall–Kier alpha value is -1.70. The van der Waals surface area contributed by atoms with Crippen LogP contribution in [0.3, 0.4) is 0 Å². The Bertz CT molecular complexity index is 814. The monoisotopic (exact) mass is 363 g/mol. The number of fused-ring (bicyclic) bond motifs is 1. The van der Waals surface area contributed by atoms with Crippen LogP contribution >= 0.6 is 11.3 Å². The molecule has 2 N–H and O–H groups in total. The van der Waals surface area contributed by atoms with Crippen LogP contribution in [0, 0.1) is 0 Å². The number of nitrogens with two attached hydrogens (primary N) is 1. The molecule has 0 spiro atoms. The van der Waals surface area contributed by atoms with Crippen molar-refractivity contribution in [1.82, 2.24) is 9.88 Å². The lowest BCUT2D eigenvalue weighted by molar-refractivity contribution is 0.318. The highest BCUT2D eigenvalue weighted by Gasteiger charge is 2.16. The molecule has 24 heavy (non-hydrogen) atoms. The van der Waals surface area contributed by atoms with Crippen molar-refractivity contribution in [2.45, 2.75) is 17.7 Å². The predicted octanol–water partition coefficient (Wildman–Crippen LogP) is 2.24. The summed E-state index contributed by atoms with van der Waals surface area (Å²) in [4.78, 5) is 8.47. The van der Waals surface area contributed by atoms with Gasteiger partial charge in [-0.15, -0.1) is 11.3 Å².